The van der Waals surface area contributed by atoms with Crippen LogP contribution >= 0.6 is 0 Å². The second-order valence-electron chi connectivity index (χ2n) is 2.61. The van der Waals surface area contributed by atoms with E-state index in [4.69, 9.17) is 11.3 Å². The van der Waals surface area contributed by atoms with E-state index in [-0.39, 0.29) is 0 Å². The van der Waals surface area contributed by atoms with Crippen molar-refractivity contribution in [3.63, 3.8) is 0 Å². The van der Waals surface area contributed by atoms with Crippen molar-refractivity contribution in [2.45, 2.75) is 13.8 Å². The van der Waals surface area contributed by atoms with Gasteiger partial charge in [-0.05, 0) is 37.1 Å². The molecule has 0 aliphatic rings. The second-order valence-corrected chi connectivity index (χ2v) is 2.61. The Balaban J connectivity index is 3.31. The summed E-state index contributed by atoms with van der Waals surface area (Å²) in [5.74, 6) is 0. The molecule has 3 nitrogen and oxygen atoms in total. The first-order valence-electron chi connectivity index (χ1n) is 3.39. The molecule has 0 heterocycles. The van der Waals surface area contributed by atoms with Gasteiger partial charge in [-0.2, -0.15) is 5.11 Å². The number of hydrogen-bond donors (Lipinski definition) is 2. The maximum absolute atomic E-state index is 6.84. The molecule has 11 heavy (non-hydrogen) atoms. The highest BCUT2D eigenvalue weighted by molar-refractivity contribution is 5.58. The Morgan fingerprint density at radius 2 is 1.91 bits per heavy atom. The molecule has 0 saturated heterocycles. The van der Waals surface area contributed by atoms with Crippen LogP contribution in [0.3, 0.4) is 0 Å². The van der Waals surface area contributed by atoms with Crippen LogP contribution in [0.1, 0.15) is 11.1 Å². The third-order valence-corrected chi connectivity index (χ3v) is 1.71. The minimum atomic E-state index is 0.691. The average Bonchev–Trinajstić information content (AvgIpc) is 1.97. The van der Waals surface area contributed by atoms with Gasteiger partial charge >= 0.3 is 0 Å². The summed E-state index contributed by atoms with van der Waals surface area (Å²) in [7, 11) is 0. The number of aryl methyl sites for hydroxylation is 2. The molecule has 0 fully saturated rings. The molecule has 0 spiro atoms. The van der Waals surface area contributed by atoms with Gasteiger partial charge in [0.1, 0.15) is 0 Å². The van der Waals surface area contributed by atoms with Crippen LogP contribution in [0.15, 0.2) is 17.2 Å². The van der Waals surface area contributed by atoms with Gasteiger partial charge in [0.2, 0.25) is 0 Å². The van der Waals surface area contributed by atoms with E-state index < -0.39 is 0 Å². The van der Waals surface area contributed by atoms with Gasteiger partial charge in [-0.25, -0.2) is 5.53 Å². The second kappa shape index (κ2) is 2.70. The molecule has 0 radical (unpaired) electrons. The van der Waals surface area contributed by atoms with Crippen LogP contribution in [0.25, 0.3) is 0 Å². The Morgan fingerprint density at radius 3 is 2.45 bits per heavy atom. The van der Waals surface area contributed by atoms with Gasteiger partial charge in [0, 0.05) is 5.69 Å². The van der Waals surface area contributed by atoms with E-state index in [0.717, 1.165) is 16.8 Å². The number of anilines is 1. The zero-order valence-electron chi connectivity index (χ0n) is 6.68. The number of rotatable bonds is 1. The summed E-state index contributed by atoms with van der Waals surface area (Å²) >= 11 is 0. The Bertz CT molecular complexity index is 292. The van der Waals surface area contributed by atoms with E-state index in [1.807, 2.05) is 26.0 Å². The molecular weight excluding hydrogens is 138 g/mol. The summed E-state index contributed by atoms with van der Waals surface area (Å²) in [5, 5.41) is 3.37. The molecule has 0 atom stereocenters. The Kier molecular flexibility index (Phi) is 1.89. The first kappa shape index (κ1) is 7.72. The lowest BCUT2D eigenvalue weighted by Gasteiger charge is -2.03. The van der Waals surface area contributed by atoms with E-state index in [0.29, 0.717) is 5.69 Å². The Hall–Kier alpha value is -1.38. The van der Waals surface area contributed by atoms with Crippen LogP contribution in [0.5, 0.6) is 0 Å². The molecule has 1 aromatic rings. The molecule has 0 aromatic heterocycles. The number of nitrogens with two attached hydrogens (primary N) is 1. The smallest absolute Gasteiger partial charge is 0.0883 e. The highest BCUT2D eigenvalue weighted by Gasteiger charge is 1.99. The number of nitrogens with zero attached hydrogens (tertiary/aromatic N) is 1. The predicted octanol–water partition coefficient (Wildman–Crippen LogP) is 2.55. The average molecular weight is 149 g/mol. The molecule has 0 amide bonds. The van der Waals surface area contributed by atoms with Gasteiger partial charge < -0.3 is 5.73 Å². The van der Waals surface area contributed by atoms with Crippen molar-refractivity contribution in [3.8, 4) is 0 Å². The maximum Gasteiger partial charge on any atom is 0.0883 e. The molecule has 0 unspecified atom stereocenters. The molecule has 0 saturated carbocycles. The minimum absolute atomic E-state index is 0.691. The van der Waals surface area contributed by atoms with Gasteiger partial charge in [-0.1, -0.05) is 0 Å². The fourth-order valence-corrected chi connectivity index (χ4v) is 0.944. The molecule has 0 aliphatic carbocycles. The lowest BCUT2D eigenvalue weighted by atomic mass is 10.1. The predicted molar refractivity (Wildman–Crippen MR) is 45.1 cm³/mol. The summed E-state index contributed by atoms with van der Waals surface area (Å²) in [5.41, 5.74) is 15.8. The molecule has 1 rings (SSSR count). The van der Waals surface area contributed by atoms with Crippen LogP contribution in [0.4, 0.5) is 11.4 Å². The van der Waals surface area contributed by atoms with E-state index in [1.165, 1.54) is 0 Å². The zero-order valence-corrected chi connectivity index (χ0v) is 6.68. The van der Waals surface area contributed by atoms with Crippen LogP contribution in [-0.2, 0) is 0 Å². The van der Waals surface area contributed by atoms with Gasteiger partial charge in [-0.3, -0.25) is 0 Å². The topological polar surface area (TPSA) is 62.2 Å². The van der Waals surface area contributed by atoms with Gasteiger partial charge in [0.25, 0.3) is 0 Å². The molecule has 0 bridgehead atoms. The van der Waals surface area contributed by atoms with E-state index >= 15 is 0 Å². The van der Waals surface area contributed by atoms with Crippen LogP contribution < -0.4 is 5.73 Å². The van der Waals surface area contributed by atoms with E-state index in [2.05, 4.69) is 5.11 Å². The van der Waals surface area contributed by atoms with Crippen molar-refractivity contribution < 1.29 is 0 Å². The number of benzene rings is 1. The van der Waals surface area contributed by atoms with E-state index in [1.54, 1.807) is 0 Å². The van der Waals surface area contributed by atoms with Gasteiger partial charge in [0.05, 0.1) is 5.69 Å². The minimum Gasteiger partial charge on any atom is -0.399 e. The van der Waals surface area contributed by atoms with E-state index in [9.17, 15) is 0 Å². The molecular formula is C8H11N3. The fraction of sp³-hybridized carbons (Fsp3) is 0.250. The Morgan fingerprint density at radius 1 is 1.27 bits per heavy atom. The van der Waals surface area contributed by atoms with Crippen molar-refractivity contribution in [1.29, 1.82) is 5.53 Å². The SMILES string of the molecule is Cc1cc(N=N)c(C)cc1N. The van der Waals surface area contributed by atoms with Crippen molar-refractivity contribution in [1.82, 2.24) is 0 Å². The molecule has 58 valence electrons. The number of hydrogen-bond acceptors (Lipinski definition) is 3. The molecule has 1 aromatic carbocycles. The van der Waals surface area contributed by atoms with Crippen LogP contribution in [-0.4, -0.2) is 0 Å². The highest BCUT2D eigenvalue weighted by atomic mass is 15.0. The highest BCUT2D eigenvalue weighted by Crippen LogP contribution is 2.23. The maximum atomic E-state index is 6.84. The third-order valence-electron chi connectivity index (χ3n) is 1.71. The van der Waals surface area contributed by atoms with Crippen molar-refractivity contribution in [2.75, 3.05) is 5.73 Å². The molecule has 0 aliphatic heterocycles. The molecule has 3 heteroatoms. The summed E-state index contributed by atoms with van der Waals surface area (Å²) in [6.45, 7) is 3.80. The number of nitrogen functional groups attached to an aromatic ring is 1. The first-order valence-corrected chi connectivity index (χ1v) is 3.39. The van der Waals surface area contributed by atoms with Crippen molar-refractivity contribution in [2.24, 2.45) is 5.11 Å². The summed E-state index contributed by atoms with van der Waals surface area (Å²) in [6, 6.07) is 3.65. The van der Waals surface area contributed by atoms with Crippen LogP contribution in [0.2, 0.25) is 0 Å². The van der Waals surface area contributed by atoms with Gasteiger partial charge in [0.15, 0.2) is 0 Å². The van der Waals surface area contributed by atoms with Crippen molar-refractivity contribution >= 4 is 11.4 Å². The third kappa shape index (κ3) is 1.37. The van der Waals surface area contributed by atoms with Gasteiger partial charge in [-0.15, -0.1) is 0 Å². The van der Waals surface area contributed by atoms with Crippen molar-refractivity contribution in [3.05, 3.63) is 23.3 Å². The molecule has 3 N–H and O–H groups in total. The summed E-state index contributed by atoms with van der Waals surface area (Å²) in [6.07, 6.45) is 0. The lowest BCUT2D eigenvalue weighted by molar-refractivity contribution is 1.13. The first-order chi connectivity index (χ1) is 5.15. The normalized spacial score (nSPS) is 9.64. The monoisotopic (exact) mass is 149 g/mol. The standard InChI is InChI=1S/C8H11N3/c1-5-4-8(11-10)6(2)3-7(5)9/h3-4,10H,9H2,1-2H3. The Labute approximate surface area is 65.7 Å². The summed E-state index contributed by atoms with van der Waals surface area (Å²) in [4.78, 5) is 0. The fourth-order valence-electron chi connectivity index (χ4n) is 0.944. The van der Waals surface area contributed by atoms with Crippen LogP contribution in [0, 0.1) is 19.4 Å². The zero-order chi connectivity index (χ0) is 8.43. The lowest BCUT2D eigenvalue weighted by Crippen LogP contribution is -1.89. The number of nitrogens with one attached hydrogen (secondary N) is 1. The summed E-state index contributed by atoms with van der Waals surface area (Å²) < 4.78 is 0. The largest absolute Gasteiger partial charge is 0.399 e. The quantitative estimate of drug-likeness (QED) is 0.467.